The molecule has 2 heterocycles. The van der Waals surface area contributed by atoms with Gasteiger partial charge in [0.2, 0.25) is 0 Å². The first-order valence-electron chi connectivity index (χ1n) is 10.5. The molecule has 1 aromatic carbocycles. The van der Waals surface area contributed by atoms with Crippen LogP contribution in [0.5, 0.6) is 5.75 Å². The Hall–Kier alpha value is -1.99. The van der Waals surface area contributed by atoms with Gasteiger partial charge in [0.1, 0.15) is 11.6 Å². The van der Waals surface area contributed by atoms with Crippen molar-refractivity contribution in [3.63, 3.8) is 0 Å². The third-order valence-corrected chi connectivity index (χ3v) is 5.39. The SMILES string of the molecule is CCN=C1CCCCCc2cc(OC)c(C#CCN3CCCCC3)cc2N1. The number of nitrogens with zero attached hydrogens (tertiary/aromatic N) is 2. The number of hydrogen-bond donors (Lipinski definition) is 1. The maximum Gasteiger partial charge on any atom is 0.134 e. The highest BCUT2D eigenvalue weighted by atomic mass is 16.5. The van der Waals surface area contributed by atoms with Gasteiger partial charge in [-0.25, -0.2) is 0 Å². The Balaban J connectivity index is 1.83. The van der Waals surface area contributed by atoms with Gasteiger partial charge in [0.25, 0.3) is 0 Å². The van der Waals surface area contributed by atoms with Gasteiger partial charge >= 0.3 is 0 Å². The van der Waals surface area contributed by atoms with Gasteiger partial charge in [0.05, 0.1) is 19.2 Å². The lowest BCUT2D eigenvalue weighted by Crippen LogP contribution is -2.29. The van der Waals surface area contributed by atoms with Gasteiger partial charge in [-0.15, -0.1) is 0 Å². The zero-order valence-electron chi connectivity index (χ0n) is 16.9. The summed E-state index contributed by atoms with van der Waals surface area (Å²) in [6.07, 6.45) is 9.69. The van der Waals surface area contributed by atoms with E-state index >= 15 is 0 Å². The summed E-state index contributed by atoms with van der Waals surface area (Å²) < 4.78 is 5.66. The number of aryl methyl sites for hydroxylation is 1. The summed E-state index contributed by atoms with van der Waals surface area (Å²) >= 11 is 0. The average molecular weight is 368 g/mol. The van der Waals surface area contributed by atoms with E-state index in [1.807, 2.05) is 0 Å². The quantitative estimate of drug-likeness (QED) is 0.800. The van der Waals surface area contributed by atoms with E-state index in [9.17, 15) is 0 Å². The topological polar surface area (TPSA) is 36.9 Å². The lowest BCUT2D eigenvalue weighted by atomic mass is 10.0. The first-order chi connectivity index (χ1) is 13.3. The zero-order valence-corrected chi connectivity index (χ0v) is 16.9. The molecule has 0 aliphatic carbocycles. The summed E-state index contributed by atoms with van der Waals surface area (Å²) in [7, 11) is 1.74. The second-order valence-corrected chi connectivity index (χ2v) is 7.45. The van der Waals surface area contributed by atoms with E-state index in [0.29, 0.717) is 0 Å². The largest absolute Gasteiger partial charge is 0.495 e. The van der Waals surface area contributed by atoms with Gasteiger partial charge in [0, 0.05) is 18.7 Å². The van der Waals surface area contributed by atoms with Crippen LogP contribution in [0.25, 0.3) is 0 Å². The summed E-state index contributed by atoms with van der Waals surface area (Å²) in [6.45, 7) is 6.10. The van der Waals surface area contributed by atoms with E-state index in [1.165, 1.54) is 57.2 Å². The minimum Gasteiger partial charge on any atom is -0.495 e. The molecule has 0 amide bonds. The number of ether oxygens (including phenoxy) is 1. The molecule has 1 N–H and O–H groups in total. The molecular weight excluding hydrogens is 334 g/mol. The molecule has 146 valence electrons. The Kier molecular flexibility index (Phi) is 7.59. The number of benzene rings is 1. The number of likely N-dealkylation sites (tertiary alicyclic amines) is 1. The summed E-state index contributed by atoms with van der Waals surface area (Å²) in [5.41, 5.74) is 3.42. The Morgan fingerprint density at radius 3 is 2.63 bits per heavy atom. The van der Waals surface area contributed by atoms with Crippen LogP contribution < -0.4 is 10.1 Å². The van der Waals surface area contributed by atoms with Gasteiger partial charge in [0.15, 0.2) is 0 Å². The van der Waals surface area contributed by atoms with Crippen molar-refractivity contribution < 1.29 is 4.74 Å². The third kappa shape index (κ3) is 5.74. The molecule has 4 nitrogen and oxygen atoms in total. The van der Waals surface area contributed by atoms with Gasteiger partial charge in [-0.1, -0.05) is 24.7 Å². The molecule has 2 aliphatic rings. The van der Waals surface area contributed by atoms with Crippen molar-refractivity contribution >= 4 is 11.5 Å². The Labute approximate surface area is 164 Å². The Morgan fingerprint density at radius 2 is 1.85 bits per heavy atom. The fourth-order valence-electron chi connectivity index (χ4n) is 3.89. The minimum absolute atomic E-state index is 0.816. The van der Waals surface area contributed by atoms with Crippen LogP contribution in [0, 0.1) is 11.8 Å². The first kappa shape index (κ1) is 19.8. The van der Waals surface area contributed by atoms with Crippen LogP contribution in [-0.4, -0.2) is 44.0 Å². The van der Waals surface area contributed by atoms with Crippen molar-refractivity contribution in [2.45, 2.75) is 58.3 Å². The van der Waals surface area contributed by atoms with Gasteiger partial charge in [-0.05, 0) is 69.8 Å². The van der Waals surface area contributed by atoms with E-state index in [0.717, 1.165) is 48.8 Å². The van der Waals surface area contributed by atoms with Crippen LogP contribution in [-0.2, 0) is 6.42 Å². The minimum atomic E-state index is 0.816. The van der Waals surface area contributed by atoms with E-state index in [4.69, 9.17) is 4.74 Å². The van der Waals surface area contributed by atoms with Gasteiger partial charge < -0.3 is 10.1 Å². The molecule has 0 spiro atoms. The molecular formula is C23H33N3O. The number of anilines is 1. The highest BCUT2D eigenvalue weighted by molar-refractivity contribution is 5.96. The van der Waals surface area contributed by atoms with Gasteiger partial charge in [-0.3, -0.25) is 9.89 Å². The zero-order chi connectivity index (χ0) is 18.9. The number of aliphatic imine (C=N–C) groups is 1. The van der Waals surface area contributed by atoms with Crippen molar-refractivity contribution in [3.05, 3.63) is 23.3 Å². The lowest BCUT2D eigenvalue weighted by Gasteiger charge is -2.23. The summed E-state index contributed by atoms with van der Waals surface area (Å²) in [4.78, 5) is 7.10. The smallest absolute Gasteiger partial charge is 0.134 e. The highest BCUT2D eigenvalue weighted by Crippen LogP contribution is 2.29. The predicted octanol–water partition coefficient (Wildman–Crippen LogP) is 4.48. The number of rotatable bonds is 3. The summed E-state index contributed by atoms with van der Waals surface area (Å²) in [5.74, 6) is 8.71. The Bertz CT molecular complexity index is 708. The molecule has 0 atom stereocenters. The first-order valence-corrected chi connectivity index (χ1v) is 10.5. The molecule has 4 heteroatoms. The molecule has 1 saturated heterocycles. The van der Waals surface area contributed by atoms with E-state index < -0.39 is 0 Å². The predicted molar refractivity (Wildman–Crippen MR) is 114 cm³/mol. The monoisotopic (exact) mass is 367 g/mol. The molecule has 0 unspecified atom stereocenters. The van der Waals surface area contributed by atoms with Crippen LogP contribution in [0.1, 0.15) is 63.0 Å². The van der Waals surface area contributed by atoms with Crippen molar-refractivity contribution in [2.75, 3.05) is 38.6 Å². The van der Waals surface area contributed by atoms with Crippen LogP contribution in [0.4, 0.5) is 5.69 Å². The number of fused-ring (bicyclic) bond motifs is 1. The van der Waals surface area contributed by atoms with Crippen molar-refractivity contribution in [2.24, 2.45) is 4.99 Å². The molecule has 1 aromatic rings. The van der Waals surface area contributed by atoms with Crippen molar-refractivity contribution in [1.29, 1.82) is 0 Å². The fourth-order valence-corrected chi connectivity index (χ4v) is 3.89. The number of amidine groups is 1. The highest BCUT2D eigenvalue weighted by Gasteiger charge is 2.13. The number of methoxy groups -OCH3 is 1. The van der Waals surface area contributed by atoms with E-state index in [1.54, 1.807) is 7.11 Å². The lowest BCUT2D eigenvalue weighted by molar-refractivity contribution is 0.255. The maximum absolute atomic E-state index is 5.66. The molecule has 0 bridgehead atoms. The van der Waals surface area contributed by atoms with E-state index in [-0.39, 0.29) is 0 Å². The number of piperidine rings is 1. The number of hydrogen-bond acceptors (Lipinski definition) is 3. The maximum atomic E-state index is 5.66. The number of nitrogens with one attached hydrogen (secondary N) is 1. The molecule has 3 rings (SSSR count). The molecule has 0 saturated carbocycles. The van der Waals surface area contributed by atoms with Crippen LogP contribution in [0.15, 0.2) is 17.1 Å². The molecule has 0 radical (unpaired) electrons. The van der Waals surface area contributed by atoms with Crippen LogP contribution in [0.2, 0.25) is 0 Å². The standard InChI is InChI=1S/C23H33N3O/c1-3-24-23-13-7-4-6-11-19-18-22(27-2)20(17-21(19)25-23)12-10-16-26-14-8-5-9-15-26/h17-18H,3-9,11,13-16H2,1-2H3,(H,24,25). The average Bonchev–Trinajstić information content (AvgIpc) is 2.78. The molecule has 27 heavy (non-hydrogen) atoms. The second-order valence-electron chi connectivity index (χ2n) is 7.45. The summed E-state index contributed by atoms with van der Waals surface area (Å²) in [6, 6.07) is 4.33. The van der Waals surface area contributed by atoms with Crippen molar-refractivity contribution in [3.8, 4) is 17.6 Å². The van der Waals surface area contributed by atoms with Crippen LogP contribution in [0.3, 0.4) is 0 Å². The van der Waals surface area contributed by atoms with Crippen molar-refractivity contribution in [1.82, 2.24) is 4.90 Å². The summed E-state index contributed by atoms with van der Waals surface area (Å²) in [5, 5.41) is 3.59. The fraction of sp³-hybridized carbons (Fsp3) is 0.609. The normalized spacial score (nSPS) is 19.7. The molecule has 2 aliphatic heterocycles. The molecule has 1 fully saturated rings. The van der Waals surface area contributed by atoms with Gasteiger partial charge in [-0.2, -0.15) is 0 Å². The van der Waals surface area contributed by atoms with Crippen LogP contribution >= 0.6 is 0 Å². The van der Waals surface area contributed by atoms with E-state index in [2.05, 4.69) is 46.1 Å². The third-order valence-electron chi connectivity index (χ3n) is 5.39. The molecule has 0 aromatic heterocycles. The second kappa shape index (κ2) is 10.4. The Morgan fingerprint density at radius 1 is 1.07 bits per heavy atom.